The molecule has 4 aromatic rings. The summed E-state index contributed by atoms with van der Waals surface area (Å²) in [7, 11) is 0. The third-order valence-electron chi connectivity index (χ3n) is 5.12. The minimum Gasteiger partial charge on any atom is -0.308 e. The van der Waals surface area contributed by atoms with Crippen molar-refractivity contribution in [3.63, 3.8) is 0 Å². The molecule has 0 aliphatic carbocycles. The number of halogens is 1. The lowest BCUT2D eigenvalue weighted by Gasteiger charge is -2.10. The van der Waals surface area contributed by atoms with Gasteiger partial charge >= 0.3 is 0 Å². The largest absolute Gasteiger partial charge is 0.308 e. The Kier molecular flexibility index (Phi) is 5.21. The van der Waals surface area contributed by atoms with Crippen molar-refractivity contribution in [1.29, 1.82) is 5.26 Å². The molecule has 4 nitrogen and oxygen atoms in total. The Bertz CT molecular complexity index is 1250. The van der Waals surface area contributed by atoms with E-state index >= 15 is 0 Å². The van der Waals surface area contributed by atoms with Gasteiger partial charge in [0.2, 0.25) is 0 Å². The lowest BCUT2D eigenvalue weighted by atomic mass is 9.99. The summed E-state index contributed by atoms with van der Waals surface area (Å²) in [4.78, 5) is 9.58. The second-order valence-corrected chi connectivity index (χ2v) is 8.13. The predicted molar refractivity (Wildman–Crippen MR) is 120 cm³/mol. The molecule has 0 amide bonds. The summed E-state index contributed by atoms with van der Waals surface area (Å²) >= 11 is 3.50. The quantitative estimate of drug-likeness (QED) is 0.390. The maximum Gasteiger partial charge on any atom is 0.160 e. The van der Waals surface area contributed by atoms with Crippen molar-refractivity contribution in [3.8, 4) is 17.2 Å². The van der Waals surface area contributed by atoms with Crippen molar-refractivity contribution in [2.75, 3.05) is 0 Å². The van der Waals surface area contributed by atoms with Crippen LogP contribution in [-0.2, 0) is 13.0 Å². The highest BCUT2D eigenvalue weighted by molar-refractivity contribution is 9.10. The molecule has 0 bridgehead atoms. The van der Waals surface area contributed by atoms with Crippen molar-refractivity contribution in [2.24, 2.45) is 0 Å². The van der Waals surface area contributed by atoms with Crippen molar-refractivity contribution in [3.05, 3.63) is 81.2 Å². The van der Waals surface area contributed by atoms with E-state index < -0.39 is 0 Å². The van der Waals surface area contributed by atoms with Gasteiger partial charge in [-0.15, -0.1) is 0 Å². The Labute approximate surface area is 179 Å². The molecule has 0 unspecified atom stereocenters. The monoisotopic (exact) mass is 444 g/mol. The van der Waals surface area contributed by atoms with Crippen LogP contribution in [0.15, 0.2) is 53.0 Å². The number of aryl methyl sites for hydroxylation is 3. The van der Waals surface area contributed by atoms with Crippen LogP contribution in [0.2, 0.25) is 0 Å². The van der Waals surface area contributed by atoms with Crippen LogP contribution >= 0.6 is 15.9 Å². The fourth-order valence-electron chi connectivity index (χ4n) is 3.71. The number of imidazole rings is 1. The molecule has 0 aliphatic rings. The van der Waals surface area contributed by atoms with Crippen LogP contribution in [-0.4, -0.2) is 14.5 Å². The molecular weight excluding hydrogens is 424 g/mol. The molecule has 0 fully saturated rings. The van der Waals surface area contributed by atoms with Gasteiger partial charge in [0.15, 0.2) is 5.65 Å². The van der Waals surface area contributed by atoms with Gasteiger partial charge in [0, 0.05) is 22.2 Å². The first-order valence-electron chi connectivity index (χ1n) is 9.62. The van der Waals surface area contributed by atoms with Gasteiger partial charge in [0.25, 0.3) is 0 Å². The lowest BCUT2D eigenvalue weighted by Crippen LogP contribution is -2.05. The van der Waals surface area contributed by atoms with E-state index in [0.29, 0.717) is 5.56 Å². The molecule has 0 N–H and O–H groups in total. The summed E-state index contributed by atoms with van der Waals surface area (Å²) < 4.78 is 3.18. The molecule has 4 rings (SSSR count). The standard InChI is InChI=1S/C24H21BrN4/c1-4-22-28-23-15(2)11-16(3)27-24(23)29(22)14-17-5-7-18(8-6-17)21-12-20(25)10-9-19(21)13-26/h5-12H,4,14H2,1-3H3. The van der Waals surface area contributed by atoms with Crippen LogP contribution in [0.1, 0.15) is 35.1 Å². The van der Waals surface area contributed by atoms with E-state index in [1.807, 2.05) is 25.1 Å². The second kappa shape index (κ2) is 7.81. The highest BCUT2D eigenvalue weighted by atomic mass is 79.9. The van der Waals surface area contributed by atoms with Crippen LogP contribution in [0, 0.1) is 25.2 Å². The fraction of sp³-hybridized carbons (Fsp3) is 0.208. The highest BCUT2D eigenvalue weighted by Crippen LogP contribution is 2.28. The van der Waals surface area contributed by atoms with Gasteiger partial charge < -0.3 is 4.57 Å². The number of benzene rings is 2. The average Bonchev–Trinajstić information content (AvgIpc) is 3.06. The van der Waals surface area contributed by atoms with Crippen LogP contribution < -0.4 is 0 Å². The zero-order valence-electron chi connectivity index (χ0n) is 16.7. The van der Waals surface area contributed by atoms with E-state index in [2.05, 4.69) is 70.7 Å². The van der Waals surface area contributed by atoms with Gasteiger partial charge in [0.05, 0.1) is 18.2 Å². The normalized spacial score (nSPS) is 11.0. The predicted octanol–water partition coefficient (Wildman–Crippen LogP) is 5.96. The third kappa shape index (κ3) is 3.68. The van der Waals surface area contributed by atoms with E-state index in [9.17, 15) is 5.26 Å². The van der Waals surface area contributed by atoms with Crippen LogP contribution in [0.3, 0.4) is 0 Å². The minimum absolute atomic E-state index is 0.671. The number of pyridine rings is 1. The first-order chi connectivity index (χ1) is 14.0. The zero-order chi connectivity index (χ0) is 20.5. The SMILES string of the molecule is CCc1nc2c(C)cc(C)nc2n1Cc1ccc(-c2cc(Br)ccc2C#N)cc1. The molecule has 0 saturated heterocycles. The van der Waals surface area contributed by atoms with Gasteiger partial charge in [-0.05, 0) is 54.8 Å². The molecule has 2 heterocycles. The Morgan fingerprint density at radius 3 is 2.48 bits per heavy atom. The Balaban J connectivity index is 1.72. The fourth-order valence-corrected chi connectivity index (χ4v) is 4.07. The molecule has 5 heteroatoms. The molecular formula is C24H21BrN4. The number of nitrogens with zero attached hydrogens (tertiary/aromatic N) is 4. The molecule has 29 heavy (non-hydrogen) atoms. The smallest absolute Gasteiger partial charge is 0.160 e. The first-order valence-corrected chi connectivity index (χ1v) is 10.4. The molecule has 0 aliphatic heterocycles. The number of nitriles is 1. The molecule has 2 aromatic heterocycles. The molecule has 0 saturated carbocycles. The van der Waals surface area contributed by atoms with E-state index in [1.165, 1.54) is 5.56 Å². The summed E-state index contributed by atoms with van der Waals surface area (Å²) in [6.45, 7) is 6.96. The maximum absolute atomic E-state index is 9.42. The van der Waals surface area contributed by atoms with Gasteiger partial charge in [0.1, 0.15) is 11.3 Å². The van der Waals surface area contributed by atoms with Crippen LogP contribution in [0.5, 0.6) is 0 Å². The van der Waals surface area contributed by atoms with Gasteiger partial charge in [-0.1, -0.05) is 47.1 Å². The van der Waals surface area contributed by atoms with Crippen molar-refractivity contribution >= 4 is 27.1 Å². The van der Waals surface area contributed by atoms with E-state index in [4.69, 9.17) is 9.97 Å². The number of aromatic nitrogens is 3. The van der Waals surface area contributed by atoms with Crippen LogP contribution in [0.4, 0.5) is 0 Å². The summed E-state index contributed by atoms with van der Waals surface area (Å²) in [6.07, 6.45) is 0.858. The molecule has 2 aromatic carbocycles. The first kappa shape index (κ1) is 19.4. The molecule has 144 valence electrons. The van der Waals surface area contributed by atoms with Crippen molar-refractivity contribution in [1.82, 2.24) is 14.5 Å². The zero-order valence-corrected chi connectivity index (χ0v) is 18.3. The van der Waals surface area contributed by atoms with E-state index in [-0.39, 0.29) is 0 Å². The second-order valence-electron chi connectivity index (χ2n) is 7.22. The number of hydrogen-bond acceptors (Lipinski definition) is 3. The van der Waals surface area contributed by atoms with Crippen molar-refractivity contribution in [2.45, 2.75) is 33.7 Å². The molecule has 0 radical (unpaired) electrons. The third-order valence-corrected chi connectivity index (χ3v) is 5.62. The number of hydrogen-bond donors (Lipinski definition) is 0. The van der Waals surface area contributed by atoms with E-state index in [1.54, 1.807) is 0 Å². The Morgan fingerprint density at radius 1 is 1.03 bits per heavy atom. The summed E-state index contributed by atoms with van der Waals surface area (Å²) in [5.74, 6) is 1.05. The molecule has 0 atom stereocenters. The maximum atomic E-state index is 9.42. The van der Waals surface area contributed by atoms with Gasteiger partial charge in [-0.2, -0.15) is 5.26 Å². The van der Waals surface area contributed by atoms with E-state index in [0.717, 1.165) is 56.8 Å². The summed E-state index contributed by atoms with van der Waals surface area (Å²) in [5.41, 5.74) is 7.91. The summed E-state index contributed by atoms with van der Waals surface area (Å²) in [6, 6.07) is 18.5. The minimum atomic E-state index is 0.671. The summed E-state index contributed by atoms with van der Waals surface area (Å²) in [5, 5.41) is 9.42. The Morgan fingerprint density at radius 2 is 1.79 bits per heavy atom. The van der Waals surface area contributed by atoms with Crippen LogP contribution in [0.25, 0.3) is 22.3 Å². The Hall–Kier alpha value is -2.97. The van der Waals surface area contributed by atoms with Gasteiger partial charge in [-0.25, -0.2) is 9.97 Å². The lowest BCUT2D eigenvalue weighted by molar-refractivity contribution is 0.745. The number of fused-ring (bicyclic) bond motifs is 1. The highest BCUT2D eigenvalue weighted by Gasteiger charge is 2.14. The topological polar surface area (TPSA) is 54.5 Å². The van der Waals surface area contributed by atoms with Crippen molar-refractivity contribution < 1.29 is 0 Å². The number of rotatable bonds is 4. The van der Waals surface area contributed by atoms with Gasteiger partial charge in [-0.3, -0.25) is 0 Å². The molecule has 0 spiro atoms. The average molecular weight is 445 g/mol.